The Balaban J connectivity index is 1.57. The van der Waals surface area contributed by atoms with Crippen LogP contribution >= 0.6 is 0 Å². The molecule has 114 valence electrons. The van der Waals surface area contributed by atoms with Gasteiger partial charge in [0.1, 0.15) is 0 Å². The number of nitrogens with zero attached hydrogens (tertiary/aromatic N) is 2. The minimum atomic E-state index is 0.691. The number of nitrogens with one attached hydrogen (secondary N) is 2. The van der Waals surface area contributed by atoms with Gasteiger partial charge >= 0.3 is 0 Å². The first-order chi connectivity index (χ1) is 10.8. The number of pyridine rings is 1. The third kappa shape index (κ3) is 2.38. The van der Waals surface area contributed by atoms with Crippen LogP contribution in [0.5, 0.6) is 0 Å². The molecule has 0 saturated carbocycles. The lowest BCUT2D eigenvalue weighted by Crippen LogP contribution is -2.51. The molecule has 2 fully saturated rings. The van der Waals surface area contributed by atoms with E-state index >= 15 is 0 Å². The molecule has 0 amide bonds. The van der Waals surface area contributed by atoms with E-state index in [1.54, 1.807) is 0 Å². The Morgan fingerprint density at radius 1 is 1.23 bits per heavy atom. The summed E-state index contributed by atoms with van der Waals surface area (Å²) in [5.74, 6) is 0.830. The monoisotopic (exact) mass is 294 g/mol. The van der Waals surface area contributed by atoms with Gasteiger partial charge in [0.25, 0.3) is 0 Å². The van der Waals surface area contributed by atoms with Gasteiger partial charge in [0, 0.05) is 43.7 Å². The number of benzene rings is 1. The lowest BCUT2D eigenvalue weighted by Gasteiger charge is -2.29. The normalized spacial score (nSPS) is 23.2. The molecular formula is C18H22N4. The molecule has 2 aliphatic heterocycles. The topological polar surface area (TPSA) is 40.2 Å². The molecule has 2 saturated heterocycles. The van der Waals surface area contributed by atoms with Crippen molar-refractivity contribution in [3.05, 3.63) is 48.2 Å². The van der Waals surface area contributed by atoms with E-state index in [-0.39, 0.29) is 0 Å². The molecule has 1 aromatic heterocycles. The number of hydrogen-bond acceptors (Lipinski definition) is 4. The van der Waals surface area contributed by atoms with Gasteiger partial charge in [-0.1, -0.05) is 24.3 Å². The molecule has 2 aliphatic rings. The van der Waals surface area contributed by atoms with Gasteiger partial charge in [0.15, 0.2) is 0 Å². The van der Waals surface area contributed by atoms with Crippen LogP contribution in [0.25, 0.3) is 11.3 Å². The molecule has 3 heterocycles. The van der Waals surface area contributed by atoms with Crippen LogP contribution in [-0.4, -0.2) is 37.7 Å². The fourth-order valence-corrected chi connectivity index (χ4v) is 3.51. The molecule has 2 N–H and O–H groups in total. The minimum absolute atomic E-state index is 0.691. The molecule has 4 heteroatoms. The highest BCUT2D eigenvalue weighted by molar-refractivity contribution is 5.65. The zero-order valence-electron chi connectivity index (χ0n) is 12.9. The molecule has 0 bridgehead atoms. The fourth-order valence-electron chi connectivity index (χ4n) is 3.51. The average molecular weight is 294 g/mol. The van der Waals surface area contributed by atoms with Crippen molar-refractivity contribution in [2.24, 2.45) is 5.92 Å². The molecule has 4 rings (SSSR count). The van der Waals surface area contributed by atoms with Crippen LogP contribution in [0.4, 0.5) is 5.69 Å². The molecule has 22 heavy (non-hydrogen) atoms. The maximum Gasteiger partial charge on any atom is 0.0706 e. The van der Waals surface area contributed by atoms with Crippen LogP contribution in [-0.2, 0) is 6.54 Å². The number of rotatable bonds is 4. The van der Waals surface area contributed by atoms with Gasteiger partial charge in [-0.25, -0.2) is 0 Å². The Morgan fingerprint density at radius 3 is 2.77 bits per heavy atom. The second-order valence-corrected chi connectivity index (χ2v) is 6.27. The highest BCUT2D eigenvalue weighted by Crippen LogP contribution is 2.29. The van der Waals surface area contributed by atoms with Crippen LogP contribution in [0, 0.1) is 5.92 Å². The number of hydrogen-bond donors (Lipinski definition) is 2. The third-order valence-corrected chi connectivity index (χ3v) is 4.86. The molecule has 2 aromatic rings. The van der Waals surface area contributed by atoms with Gasteiger partial charge in [-0.3, -0.25) is 4.98 Å². The van der Waals surface area contributed by atoms with Crippen LogP contribution in [0.3, 0.4) is 0 Å². The summed E-state index contributed by atoms with van der Waals surface area (Å²) in [6.45, 7) is 4.31. The lowest BCUT2D eigenvalue weighted by atomic mass is 9.96. The van der Waals surface area contributed by atoms with Crippen LogP contribution < -0.4 is 15.5 Å². The van der Waals surface area contributed by atoms with E-state index < -0.39 is 0 Å². The van der Waals surface area contributed by atoms with E-state index in [0.29, 0.717) is 6.04 Å². The van der Waals surface area contributed by atoms with Gasteiger partial charge in [0.2, 0.25) is 0 Å². The molecule has 0 spiro atoms. The highest BCUT2D eigenvalue weighted by atomic mass is 15.2. The van der Waals surface area contributed by atoms with E-state index in [1.807, 2.05) is 13.2 Å². The van der Waals surface area contributed by atoms with Crippen molar-refractivity contribution in [1.29, 1.82) is 0 Å². The summed E-state index contributed by atoms with van der Waals surface area (Å²) < 4.78 is 0. The maximum absolute atomic E-state index is 4.72. The van der Waals surface area contributed by atoms with Crippen LogP contribution in [0.1, 0.15) is 5.56 Å². The second kappa shape index (κ2) is 5.71. The van der Waals surface area contributed by atoms with Crippen molar-refractivity contribution >= 4 is 5.69 Å². The van der Waals surface area contributed by atoms with Crippen molar-refractivity contribution < 1.29 is 0 Å². The molecule has 0 aliphatic carbocycles. The molecule has 0 radical (unpaired) electrons. The van der Waals surface area contributed by atoms with Gasteiger partial charge in [-0.2, -0.15) is 0 Å². The van der Waals surface area contributed by atoms with E-state index in [9.17, 15) is 0 Å². The minimum Gasteiger partial charge on any atom is -0.368 e. The largest absolute Gasteiger partial charge is 0.368 e. The van der Waals surface area contributed by atoms with E-state index in [2.05, 4.69) is 51.9 Å². The summed E-state index contributed by atoms with van der Waals surface area (Å²) in [5, 5.41) is 6.72. The van der Waals surface area contributed by atoms with E-state index in [0.717, 1.165) is 31.2 Å². The Morgan fingerprint density at radius 2 is 2.14 bits per heavy atom. The predicted molar refractivity (Wildman–Crippen MR) is 89.9 cm³/mol. The Labute approximate surface area is 131 Å². The number of fused-ring (bicyclic) bond motifs is 1. The van der Waals surface area contributed by atoms with E-state index in [1.165, 1.54) is 23.4 Å². The average Bonchev–Trinajstić information content (AvgIpc) is 2.84. The van der Waals surface area contributed by atoms with Gasteiger partial charge in [-0.05, 0) is 24.7 Å². The maximum atomic E-state index is 4.72. The molecule has 4 nitrogen and oxygen atoms in total. The van der Waals surface area contributed by atoms with Crippen molar-refractivity contribution in [2.75, 3.05) is 31.6 Å². The summed E-state index contributed by atoms with van der Waals surface area (Å²) in [6, 6.07) is 13.5. The lowest BCUT2D eigenvalue weighted by molar-refractivity contribution is 0.297. The third-order valence-electron chi connectivity index (χ3n) is 4.86. The van der Waals surface area contributed by atoms with Crippen molar-refractivity contribution in [1.82, 2.24) is 15.6 Å². The van der Waals surface area contributed by atoms with Gasteiger partial charge in [-0.15, -0.1) is 0 Å². The summed E-state index contributed by atoms with van der Waals surface area (Å²) in [7, 11) is 1.98. The van der Waals surface area contributed by atoms with Crippen LogP contribution in [0.2, 0.25) is 0 Å². The molecule has 2 atom stereocenters. The Hall–Kier alpha value is -1.91. The smallest absolute Gasteiger partial charge is 0.0706 e. The van der Waals surface area contributed by atoms with Crippen molar-refractivity contribution in [2.45, 2.75) is 12.6 Å². The quantitative estimate of drug-likeness (QED) is 0.903. The van der Waals surface area contributed by atoms with E-state index in [4.69, 9.17) is 4.98 Å². The first kappa shape index (κ1) is 13.7. The van der Waals surface area contributed by atoms with Crippen molar-refractivity contribution in [3.63, 3.8) is 0 Å². The summed E-state index contributed by atoms with van der Waals surface area (Å²) in [5.41, 5.74) is 4.79. The highest BCUT2D eigenvalue weighted by Gasteiger charge is 2.38. The molecular weight excluding hydrogens is 272 g/mol. The first-order valence-corrected chi connectivity index (χ1v) is 8.02. The van der Waals surface area contributed by atoms with Gasteiger partial charge in [0.05, 0.1) is 17.6 Å². The van der Waals surface area contributed by atoms with Crippen molar-refractivity contribution in [3.8, 4) is 11.3 Å². The Kier molecular flexibility index (Phi) is 3.56. The zero-order valence-corrected chi connectivity index (χ0v) is 12.9. The standard InChI is InChI=1S/C18H22N4/c1-19-8-13-4-2-3-5-16(13)17-7-6-15(10-21-17)22-11-14-9-20-18(14)12-22/h2-7,10,14,18-20H,8-9,11-12H2,1H3/t14?,18-/m0/s1. The van der Waals surface area contributed by atoms with Crippen LogP contribution in [0.15, 0.2) is 42.6 Å². The Bertz CT molecular complexity index is 640. The fraction of sp³-hybridized carbons (Fsp3) is 0.389. The zero-order chi connectivity index (χ0) is 14.9. The number of anilines is 1. The summed E-state index contributed by atoms with van der Waals surface area (Å²) >= 11 is 0. The second-order valence-electron chi connectivity index (χ2n) is 6.27. The van der Waals surface area contributed by atoms with Gasteiger partial charge < -0.3 is 15.5 Å². The number of aromatic nitrogens is 1. The first-order valence-electron chi connectivity index (χ1n) is 8.02. The predicted octanol–water partition coefficient (Wildman–Crippen LogP) is 1.88. The summed E-state index contributed by atoms with van der Waals surface area (Å²) in [6.07, 6.45) is 2.02. The molecule has 1 unspecified atom stereocenters. The summed E-state index contributed by atoms with van der Waals surface area (Å²) in [4.78, 5) is 7.17. The molecule has 1 aromatic carbocycles. The SMILES string of the molecule is CNCc1ccccc1-c1ccc(N2CC3CN[C@H]3C2)cn1.